The first-order chi connectivity index (χ1) is 13.2. The van der Waals surface area contributed by atoms with Crippen LogP contribution < -0.4 is 0 Å². The van der Waals surface area contributed by atoms with Gasteiger partial charge in [-0.3, -0.25) is 0 Å². The molecule has 0 aliphatic rings. The molecule has 0 spiro atoms. The fraction of sp³-hybridized carbons (Fsp3) is 0.318. The highest BCUT2D eigenvalue weighted by Gasteiger charge is 2.34. The lowest BCUT2D eigenvalue weighted by atomic mass is 9.98. The number of nitrogens with zero attached hydrogens (tertiary/aromatic N) is 1. The maximum atomic E-state index is 13.0. The highest BCUT2D eigenvalue weighted by atomic mass is 32.2. The Balaban J connectivity index is 2.03. The second kappa shape index (κ2) is 7.68. The van der Waals surface area contributed by atoms with Crippen molar-refractivity contribution in [3.8, 4) is 22.4 Å². The van der Waals surface area contributed by atoms with E-state index in [-0.39, 0.29) is 4.87 Å². The van der Waals surface area contributed by atoms with E-state index < -0.39 is 17.9 Å². The minimum absolute atomic E-state index is 0.343. The van der Waals surface area contributed by atoms with Crippen LogP contribution in [0.1, 0.15) is 19.6 Å². The minimum Gasteiger partial charge on any atom is -0.360 e. The second-order valence-corrected chi connectivity index (χ2v) is 16.4. The summed E-state index contributed by atoms with van der Waals surface area (Å²) >= 11 is 0. The zero-order chi connectivity index (χ0) is 20.5. The summed E-state index contributed by atoms with van der Waals surface area (Å²) in [4.78, 5) is 0.0242. The highest BCUT2D eigenvalue weighted by Crippen LogP contribution is 2.35. The van der Waals surface area contributed by atoms with Gasteiger partial charge in [0.1, 0.15) is 11.5 Å². The Labute approximate surface area is 168 Å². The summed E-state index contributed by atoms with van der Waals surface area (Å²) in [5, 5.41) is 4.28. The Kier molecular flexibility index (Phi) is 5.64. The number of benzene rings is 2. The monoisotopic (exact) mass is 413 g/mol. The molecule has 4 nitrogen and oxygen atoms in total. The van der Waals surface area contributed by atoms with Gasteiger partial charge in [0.2, 0.25) is 0 Å². The molecule has 0 saturated carbocycles. The fourth-order valence-corrected chi connectivity index (χ4v) is 8.19. The molecule has 28 heavy (non-hydrogen) atoms. The Bertz CT molecular complexity index is 1050. The quantitative estimate of drug-likeness (QED) is 0.493. The Morgan fingerprint density at radius 2 is 1.57 bits per heavy atom. The average molecular weight is 414 g/mol. The van der Waals surface area contributed by atoms with Crippen LogP contribution >= 0.6 is 0 Å². The lowest BCUT2D eigenvalue weighted by molar-refractivity contribution is 0.389. The number of aromatic nitrogens is 1. The molecule has 1 heterocycles. The van der Waals surface area contributed by atoms with Gasteiger partial charge >= 0.3 is 0 Å². The standard InChI is InChI=1S/C22H27NO3SSi/c1-6-20-21(17-10-8-7-9-11-17)22(23-26-20)18-12-14-19(15-13-18)27(24,25)16(2)28(3,4)5/h7-16H,6H2,1-5H3. The Morgan fingerprint density at radius 1 is 0.964 bits per heavy atom. The van der Waals surface area contributed by atoms with Crippen LogP contribution in [-0.4, -0.2) is 26.5 Å². The molecule has 0 aliphatic heterocycles. The van der Waals surface area contributed by atoms with Gasteiger partial charge in [-0.15, -0.1) is 0 Å². The molecule has 3 aromatic rings. The molecule has 0 N–H and O–H groups in total. The molecule has 1 aromatic heterocycles. The van der Waals surface area contributed by atoms with Gasteiger partial charge in [0.25, 0.3) is 0 Å². The topological polar surface area (TPSA) is 60.2 Å². The van der Waals surface area contributed by atoms with E-state index in [1.165, 1.54) is 0 Å². The van der Waals surface area contributed by atoms with Crippen LogP contribution in [-0.2, 0) is 16.3 Å². The van der Waals surface area contributed by atoms with Crippen molar-refractivity contribution in [1.82, 2.24) is 5.16 Å². The van der Waals surface area contributed by atoms with E-state index in [0.717, 1.165) is 34.6 Å². The van der Waals surface area contributed by atoms with E-state index in [0.29, 0.717) is 4.90 Å². The van der Waals surface area contributed by atoms with Crippen LogP contribution in [0.2, 0.25) is 19.6 Å². The number of sulfone groups is 1. The third kappa shape index (κ3) is 3.84. The zero-order valence-electron chi connectivity index (χ0n) is 17.1. The SMILES string of the molecule is CCc1onc(-c2ccc(S(=O)(=O)C(C)[Si](C)(C)C)cc2)c1-c1ccccc1. The van der Waals surface area contributed by atoms with Crippen molar-refractivity contribution in [1.29, 1.82) is 0 Å². The molecule has 0 radical (unpaired) electrons. The van der Waals surface area contributed by atoms with Gasteiger partial charge in [-0.1, -0.05) is 81.1 Å². The lowest BCUT2D eigenvalue weighted by Crippen LogP contribution is -2.41. The van der Waals surface area contributed by atoms with Gasteiger partial charge < -0.3 is 4.52 Å². The summed E-state index contributed by atoms with van der Waals surface area (Å²) in [5.41, 5.74) is 3.60. The predicted octanol–water partition coefficient (Wildman–Crippen LogP) is 5.61. The van der Waals surface area contributed by atoms with Crippen LogP contribution in [0.4, 0.5) is 0 Å². The molecule has 0 amide bonds. The maximum absolute atomic E-state index is 13.0. The first-order valence-electron chi connectivity index (χ1n) is 9.54. The third-order valence-electron chi connectivity index (χ3n) is 5.29. The van der Waals surface area contributed by atoms with E-state index in [1.54, 1.807) is 12.1 Å². The average Bonchev–Trinajstić information content (AvgIpc) is 3.11. The summed E-state index contributed by atoms with van der Waals surface area (Å²) in [6, 6.07) is 17.0. The number of rotatable bonds is 6. The van der Waals surface area contributed by atoms with Gasteiger partial charge in [-0.25, -0.2) is 8.42 Å². The van der Waals surface area contributed by atoms with Crippen LogP contribution in [0.15, 0.2) is 64.0 Å². The smallest absolute Gasteiger partial charge is 0.178 e. The van der Waals surface area contributed by atoms with Crippen molar-refractivity contribution < 1.29 is 12.9 Å². The normalized spacial score (nSPS) is 13.5. The molecular weight excluding hydrogens is 386 g/mol. The van der Waals surface area contributed by atoms with Crippen molar-refractivity contribution in [2.75, 3.05) is 0 Å². The summed E-state index contributed by atoms with van der Waals surface area (Å²) in [7, 11) is -5.17. The summed E-state index contributed by atoms with van der Waals surface area (Å²) in [6.45, 7) is 10.1. The molecule has 0 saturated heterocycles. The molecular formula is C22H27NO3SSi. The summed E-state index contributed by atoms with van der Waals surface area (Å²) < 4.78 is 31.5. The fourth-order valence-electron chi connectivity index (χ4n) is 3.14. The summed E-state index contributed by atoms with van der Waals surface area (Å²) in [6.07, 6.45) is 0.734. The number of aryl methyl sites for hydroxylation is 1. The van der Waals surface area contributed by atoms with E-state index >= 15 is 0 Å². The van der Waals surface area contributed by atoms with Crippen LogP contribution in [0, 0.1) is 0 Å². The van der Waals surface area contributed by atoms with Crippen LogP contribution in [0.3, 0.4) is 0 Å². The van der Waals surface area contributed by atoms with Gasteiger partial charge in [0, 0.05) is 12.0 Å². The molecule has 0 bridgehead atoms. The highest BCUT2D eigenvalue weighted by molar-refractivity contribution is 7.94. The predicted molar refractivity (Wildman–Crippen MR) is 117 cm³/mol. The van der Waals surface area contributed by atoms with Crippen molar-refractivity contribution in [3.63, 3.8) is 0 Å². The van der Waals surface area contributed by atoms with Gasteiger partial charge in [-0.05, 0) is 17.7 Å². The summed E-state index contributed by atoms with van der Waals surface area (Å²) in [5.74, 6) is 0.824. The third-order valence-corrected chi connectivity index (χ3v) is 12.6. The van der Waals surface area contributed by atoms with Crippen molar-refractivity contribution in [2.24, 2.45) is 0 Å². The van der Waals surface area contributed by atoms with E-state index in [9.17, 15) is 8.42 Å². The second-order valence-electron chi connectivity index (χ2n) is 8.13. The molecule has 0 fully saturated rings. The number of hydrogen-bond donors (Lipinski definition) is 0. The van der Waals surface area contributed by atoms with Crippen molar-refractivity contribution >= 4 is 17.9 Å². The Morgan fingerprint density at radius 3 is 2.11 bits per heavy atom. The van der Waals surface area contributed by atoms with E-state index in [4.69, 9.17) is 4.52 Å². The lowest BCUT2D eigenvalue weighted by Gasteiger charge is -2.25. The van der Waals surface area contributed by atoms with Gasteiger partial charge in [0.15, 0.2) is 9.84 Å². The minimum atomic E-state index is -3.34. The molecule has 2 aromatic carbocycles. The van der Waals surface area contributed by atoms with Crippen LogP contribution in [0.25, 0.3) is 22.4 Å². The molecule has 1 unspecified atom stereocenters. The van der Waals surface area contributed by atoms with Crippen molar-refractivity contribution in [3.05, 3.63) is 60.4 Å². The zero-order valence-corrected chi connectivity index (χ0v) is 18.9. The largest absolute Gasteiger partial charge is 0.360 e. The van der Waals surface area contributed by atoms with E-state index in [2.05, 4.69) is 24.8 Å². The van der Waals surface area contributed by atoms with E-state index in [1.807, 2.05) is 56.3 Å². The first-order valence-corrected chi connectivity index (χ1v) is 14.7. The van der Waals surface area contributed by atoms with Crippen LogP contribution in [0.5, 0.6) is 0 Å². The molecule has 3 rings (SSSR count). The first kappa shape index (κ1) is 20.5. The molecule has 148 valence electrons. The van der Waals surface area contributed by atoms with Crippen molar-refractivity contribution in [2.45, 2.75) is 49.7 Å². The maximum Gasteiger partial charge on any atom is 0.178 e. The van der Waals surface area contributed by atoms with Gasteiger partial charge in [-0.2, -0.15) is 0 Å². The molecule has 1 atom stereocenters. The number of hydrogen-bond acceptors (Lipinski definition) is 4. The molecule has 0 aliphatic carbocycles. The Hall–Kier alpha value is -2.18. The van der Waals surface area contributed by atoms with Gasteiger partial charge in [0.05, 0.1) is 23.4 Å². The molecule has 6 heteroatoms.